The van der Waals surface area contributed by atoms with Gasteiger partial charge in [-0.25, -0.2) is 0 Å². The number of benzene rings is 2. The largest absolute Gasteiger partial charge is 0.504 e. The van der Waals surface area contributed by atoms with E-state index in [2.05, 4.69) is 15.1 Å². The topological polar surface area (TPSA) is 90.9 Å². The van der Waals surface area contributed by atoms with Crippen LogP contribution in [0.2, 0.25) is 0 Å². The Labute approximate surface area is 199 Å². The number of morpholine rings is 1. The second-order valence-electron chi connectivity index (χ2n) is 8.74. The number of hydrogen-bond donors (Lipinski definition) is 2. The van der Waals surface area contributed by atoms with Gasteiger partial charge >= 0.3 is 0 Å². The maximum Gasteiger partial charge on any atom is 0.273 e. The van der Waals surface area contributed by atoms with Crippen molar-refractivity contribution in [3.63, 3.8) is 0 Å². The Bertz CT molecular complexity index is 1170. The number of phenols is 1. The summed E-state index contributed by atoms with van der Waals surface area (Å²) in [7, 11) is 0. The van der Waals surface area contributed by atoms with Gasteiger partial charge < -0.3 is 19.5 Å². The fraction of sp³-hybridized carbons (Fsp3) is 0.385. The van der Waals surface area contributed by atoms with Gasteiger partial charge in [0.25, 0.3) is 5.91 Å². The van der Waals surface area contributed by atoms with Crippen molar-refractivity contribution in [1.82, 2.24) is 20.0 Å². The number of ether oxygens (including phenoxy) is 2. The van der Waals surface area contributed by atoms with Crippen LogP contribution in [0.1, 0.15) is 40.1 Å². The third-order valence-corrected chi connectivity index (χ3v) is 6.55. The average molecular weight is 463 g/mol. The standard InChI is InChI=1S/C26H30N4O4/c1-3-34-21-16-19(8-9-20(21)31)25-22-23(18-6-4-17(2)5-7-18)27-28-24(22)26(32)30(25)11-10-29-12-14-33-15-13-29/h4-9,16,25,31H,3,10-15H2,1-2H3,(H,27,28). The van der Waals surface area contributed by atoms with E-state index < -0.39 is 0 Å². The third-order valence-electron chi connectivity index (χ3n) is 6.55. The van der Waals surface area contributed by atoms with Crippen LogP contribution in [-0.2, 0) is 4.74 Å². The first-order chi connectivity index (χ1) is 16.6. The van der Waals surface area contributed by atoms with E-state index in [-0.39, 0.29) is 17.7 Å². The Balaban J connectivity index is 1.55. The molecule has 1 amide bonds. The minimum Gasteiger partial charge on any atom is -0.504 e. The Morgan fingerprint density at radius 2 is 1.91 bits per heavy atom. The zero-order valence-corrected chi connectivity index (χ0v) is 19.6. The number of aryl methyl sites for hydroxylation is 1. The van der Waals surface area contributed by atoms with E-state index in [4.69, 9.17) is 9.47 Å². The van der Waals surface area contributed by atoms with Crippen molar-refractivity contribution < 1.29 is 19.4 Å². The lowest BCUT2D eigenvalue weighted by atomic mass is 9.95. The number of hydrogen-bond acceptors (Lipinski definition) is 6. The van der Waals surface area contributed by atoms with Gasteiger partial charge in [-0.1, -0.05) is 35.9 Å². The molecule has 0 radical (unpaired) electrons. The minimum atomic E-state index is -0.335. The lowest BCUT2D eigenvalue weighted by molar-refractivity contribution is 0.0316. The number of nitrogens with zero attached hydrogens (tertiary/aromatic N) is 3. The number of aromatic nitrogens is 2. The number of nitrogens with one attached hydrogen (secondary N) is 1. The number of phenolic OH excluding ortho intramolecular Hbond substituents is 1. The normalized spacial score (nSPS) is 18.4. The molecule has 3 heterocycles. The van der Waals surface area contributed by atoms with E-state index in [1.807, 2.05) is 55.1 Å². The molecule has 1 atom stereocenters. The van der Waals surface area contributed by atoms with E-state index >= 15 is 0 Å². The molecular formula is C26H30N4O4. The van der Waals surface area contributed by atoms with Crippen LogP contribution < -0.4 is 4.74 Å². The molecule has 8 nitrogen and oxygen atoms in total. The van der Waals surface area contributed by atoms with Crippen LogP contribution in [0.15, 0.2) is 42.5 Å². The molecule has 8 heteroatoms. The van der Waals surface area contributed by atoms with Gasteiger partial charge in [0.2, 0.25) is 0 Å². The van der Waals surface area contributed by atoms with E-state index in [1.54, 1.807) is 6.07 Å². The molecule has 1 fully saturated rings. The number of H-pyrrole nitrogens is 1. The third kappa shape index (κ3) is 4.15. The van der Waals surface area contributed by atoms with Crippen molar-refractivity contribution in [3.05, 3.63) is 64.8 Å². The predicted molar refractivity (Wildman–Crippen MR) is 128 cm³/mol. The van der Waals surface area contributed by atoms with Crippen molar-refractivity contribution in [2.45, 2.75) is 19.9 Å². The van der Waals surface area contributed by atoms with Gasteiger partial charge in [0.1, 0.15) is 5.69 Å². The van der Waals surface area contributed by atoms with Crippen molar-refractivity contribution in [2.75, 3.05) is 46.0 Å². The van der Waals surface area contributed by atoms with E-state index in [9.17, 15) is 9.90 Å². The van der Waals surface area contributed by atoms with Crippen LogP contribution in [0.4, 0.5) is 0 Å². The molecule has 2 aromatic carbocycles. The average Bonchev–Trinajstić information content (AvgIpc) is 3.39. The zero-order valence-electron chi connectivity index (χ0n) is 19.6. The maximum absolute atomic E-state index is 13.6. The fourth-order valence-electron chi connectivity index (χ4n) is 4.75. The van der Waals surface area contributed by atoms with Crippen LogP contribution in [0.5, 0.6) is 11.5 Å². The fourth-order valence-corrected chi connectivity index (χ4v) is 4.75. The first-order valence-electron chi connectivity index (χ1n) is 11.8. The zero-order chi connectivity index (χ0) is 23.7. The van der Waals surface area contributed by atoms with Gasteiger partial charge in [-0.3, -0.25) is 14.8 Å². The highest BCUT2D eigenvalue weighted by molar-refractivity contribution is 6.00. The number of aromatic hydroxyl groups is 1. The summed E-state index contributed by atoms with van der Waals surface area (Å²) >= 11 is 0. The highest BCUT2D eigenvalue weighted by Gasteiger charge is 2.42. The molecule has 2 aliphatic rings. The molecule has 1 saturated heterocycles. The lowest BCUT2D eigenvalue weighted by Gasteiger charge is -2.31. The van der Waals surface area contributed by atoms with E-state index in [1.165, 1.54) is 0 Å². The molecule has 0 aliphatic carbocycles. The van der Waals surface area contributed by atoms with Crippen LogP contribution >= 0.6 is 0 Å². The number of rotatable bonds is 7. The number of carbonyl (C=O) groups is 1. The predicted octanol–water partition coefficient (Wildman–Crippen LogP) is 3.37. The summed E-state index contributed by atoms with van der Waals surface area (Å²) < 4.78 is 11.1. The first kappa shape index (κ1) is 22.4. The van der Waals surface area contributed by atoms with Crippen molar-refractivity contribution >= 4 is 5.91 Å². The van der Waals surface area contributed by atoms with Crippen LogP contribution in [-0.4, -0.2) is 77.0 Å². The van der Waals surface area contributed by atoms with Crippen LogP contribution in [0.3, 0.4) is 0 Å². The molecule has 0 saturated carbocycles. The summed E-state index contributed by atoms with van der Waals surface area (Å²) in [4.78, 5) is 17.8. The summed E-state index contributed by atoms with van der Waals surface area (Å²) in [5, 5.41) is 17.8. The molecule has 178 valence electrons. The second-order valence-corrected chi connectivity index (χ2v) is 8.74. The molecule has 0 spiro atoms. The van der Waals surface area contributed by atoms with Crippen LogP contribution in [0.25, 0.3) is 11.3 Å². The highest BCUT2D eigenvalue weighted by Crippen LogP contribution is 2.44. The van der Waals surface area contributed by atoms with E-state index in [0.717, 1.165) is 47.6 Å². The van der Waals surface area contributed by atoms with Gasteiger partial charge in [-0.05, 0) is 31.5 Å². The molecule has 34 heavy (non-hydrogen) atoms. The summed E-state index contributed by atoms with van der Waals surface area (Å²) in [5.74, 6) is 0.431. The number of aromatic amines is 1. The number of amides is 1. The highest BCUT2D eigenvalue weighted by atomic mass is 16.5. The summed E-state index contributed by atoms with van der Waals surface area (Å²) in [5.41, 5.74) is 5.16. The molecule has 2 N–H and O–H groups in total. The summed E-state index contributed by atoms with van der Waals surface area (Å²) in [6.07, 6.45) is 0. The smallest absolute Gasteiger partial charge is 0.273 e. The van der Waals surface area contributed by atoms with Crippen molar-refractivity contribution in [2.24, 2.45) is 0 Å². The molecule has 1 unspecified atom stereocenters. The Hall–Kier alpha value is -3.36. The summed E-state index contributed by atoms with van der Waals surface area (Å²) in [6, 6.07) is 13.2. The first-order valence-corrected chi connectivity index (χ1v) is 11.8. The molecule has 1 aromatic heterocycles. The van der Waals surface area contributed by atoms with Gasteiger partial charge in [0.15, 0.2) is 11.5 Å². The maximum atomic E-state index is 13.6. The van der Waals surface area contributed by atoms with Gasteiger partial charge in [-0.15, -0.1) is 0 Å². The Morgan fingerprint density at radius 1 is 1.15 bits per heavy atom. The van der Waals surface area contributed by atoms with Crippen molar-refractivity contribution in [1.29, 1.82) is 0 Å². The lowest BCUT2D eigenvalue weighted by Crippen LogP contribution is -2.42. The summed E-state index contributed by atoms with van der Waals surface area (Å²) in [6.45, 7) is 8.86. The minimum absolute atomic E-state index is 0.0647. The quantitative estimate of drug-likeness (QED) is 0.560. The molecule has 3 aromatic rings. The monoisotopic (exact) mass is 462 g/mol. The Kier molecular flexibility index (Phi) is 6.26. The SMILES string of the molecule is CCOc1cc(C2c3c(-c4ccc(C)cc4)n[nH]c3C(=O)N2CCN2CCOCC2)ccc1O. The van der Waals surface area contributed by atoms with Gasteiger partial charge in [0.05, 0.1) is 31.6 Å². The second kappa shape index (κ2) is 9.48. The number of carbonyl (C=O) groups excluding carboxylic acids is 1. The van der Waals surface area contributed by atoms with Crippen molar-refractivity contribution in [3.8, 4) is 22.8 Å². The molecule has 0 bridgehead atoms. The number of fused-ring (bicyclic) bond motifs is 1. The molecule has 2 aliphatic heterocycles. The van der Waals surface area contributed by atoms with Gasteiger partial charge in [0, 0.05) is 37.3 Å². The molecular weight excluding hydrogens is 432 g/mol. The van der Waals surface area contributed by atoms with E-state index in [0.29, 0.717) is 37.8 Å². The van der Waals surface area contributed by atoms with Crippen LogP contribution in [0, 0.1) is 6.92 Å². The van der Waals surface area contributed by atoms with Gasteiger partial charge in [-0.2, -0.15) is 5.10 Å². The Morgan fingerprint density at radius 3 is 2.65 bits per heavy atom. The molecule has 5 rings (SSSR count).